The molecule has 1 aromatic heterocycles. The SMILES string of the molecule is C[C@@H](N)CC(=O)NC1CCC2CC1CCC2NC(=O)c1cc(C2CC2)on1. The van der Waals surface area contributed by atoms with E-state index in [0.717, 1.165) is 50.7 Å². The Kier molecular flexibility index (Phi) is 5.21. The third kappa shape index (κ3) is 4.34. The van der Waals surface area contributed by atoms with Crippen molar-refractivity contribution in [3.8, 4) is 0 Å². The van der Waals surface area contributed by atoms with Crippen molar-refractivity contribution in [3.05, 3.63) is 17.5 Å². The van der Waals surface area contributed by atoms with Crippen LogP contribution >= 0.6 is 0 Å². The number of nitrogens with one attached hydrogen (secondary N) is 2. The Morgan fingerprint density at radius 1 is 1.15 bits per heavy atom. The van der Waals surface area contributed by atoms with Gasteiger partial charge in [-0.2, -0.15) is 0 Å². The van der Waals surface area contributed by atoms with Crippen LogP contribution in [0.5, 0.6) is 0 Å². The molecule has 5 atom stereocenters. The number of aromatic nitrogens is 1. The summed E-state index contributed by atoms with van der Waals surface area (Å²) in [6.45, 7) is 1.85. The molecule has 7 heteroatoms. The van der Waals surface area contributed by atoms with Gasteiger partial charge in [0.2, 0.25) is 5.91 Å². The van der Waals surface area contributed by atoms with Crippen LogP contribution < -0.4 is 16.4 Å². The molecule has 0 saturated heterocycles. The summed E-state index contributed by atoms with van der Waals surface area (Å²) in [5.41, 5.74) is 6.12. The molecule has 3 aliphatic carbocycles. The molecule has 2 bridgehead atoms. The molecule has 4 unspecified atom stereocenters. The van der Waals surface area contributed by atoms with Gasteiger partial charge >= 0.3 is 0 Å². The number of fused-ring (bicyclic) bond motifs is 2. The first-order chi connectivity index (χ1) is 13.0. The average molecular weight is 374 g/mol. The zero-order valence-corrected chi connectivity index (χ0v) is 15.9. The van der Waals surface area contributed by atoms with Gasteiger partial charge in [0.05, 0.1) is 0 Å². The van der Waals surface area contributed by atoms with Gasteiger partial charge in [0.15, 0.2) is 5.69 Å². The molecule has 4 rings (SSSR count). The van der Waals surface area contributed by atoms with E-state index in [1.54, 1.807) is 6.07 Å². The quantitative estimate of drug-likeness (QED) is 0.706. The number of carbonyl (C=O) groups excluding carboxylic acids is 2. The van der Waals surface area contributed by atoms with Crippen LogP contribution in [0.25, 0.3) is 0 Å². The predicted octanol–water partition coefficient (Wildman–Crippen LogP) is 2.08. The normalized spacial score (nSPS) is 31.2. The molecule has 3 aliphatic rings. The number of amides is 2. The fraction of sp³-hybridized carbons (Fsp3) is 0.750. The molecule has 4 N–H and O–H groups in total. The van der Waals surface area contributed by atoms with Crippen LogP contribution in [0.4, 0.5) is 0 Å². The minimum Gasteiger partial charge on any atom is -0.360 e. The zero-order chi connectivity index (χ0) is 19.0. The van der Waals surface area contributed by atoms with E-state index in [0.29, 0.717) is 29.9 Å². The molecule has 0 aromatic carbocycles. The predicted molar refractivity (Wildman–Crippen MR) is 100.0 cm³/mol. The number of rotatable bonds is 6. The lowest BCUT2D eigenvalue weighted by Gasteiger charge is -2.44. The molecular formula is C20H30N4O3. The van der Waals surface area contributed by atoms with Gasteiger partial charge in [-0.15, -0.1) is 0 Å². The highest BCUT2D eigenvalue weighted by Crippen LogP contribution is 2.41. The van der Waals surface area contributed by atoms with Crippen molar-refractivity contribution >= 4 is 11.8 Å². The van der Waals surface area contributed by atoms with Crippen LogP contribution in [0.15, 0.2) is 10.6 Å². The molecule has 148 valence electrons. The van der Waals surface area contributed by atoms with Gasteiger partial charge in [0.1, 0.15) is 5.76 Å². The second-order valence-electron chi connectivity index (χ2n) is 8.73. The van der Waals surface area contributed by atoms with Crippen molar-refractivity contribution in [1.29, 1.82) is 0 Å². The van der Waals surface area contributed by atoms with E-state index in [9.17, 15) is 9.59 Å². The molecular weight excluding hydrogens is 344 g/mol. The van der Waals surface area contributed by atoms with Gasteiger partial charge in [-0.3, -0.25) is 9.59 Å². The van der Waals surface area contributed by atoms with E-state index in [1.165, 1.54) is 0 Å². The summed E-state index contributed by atoms with van der Waals surface area (Å²) >= 11 is 0. The van der Waals surface area contributed by atoms with Crippen molar-refractivity contribution in [2.24, 2.45) is 17.6 Å². The second kappa shape index (κ2) is 7.62. The first-order valence-electron chi connectivity index (χ1n) is 10.3. The maximum Gasteiger partial charge on any atom is 0.273 e. The Hall–Kier alpha value is -1.89. The van der Waals surface area contributed by atoms with Crippen molar-refractivity contribution in [3.63, 3.8) is 0 Å². The minimum atomic E-state index is -0.124. The lowest BCUT2D eigenvalue weighted by Crippen LogP contribution is -2.52. The van der Waals surface area contributed by atoms with Crippen LogP contribution in [-0.4, -0.2) is 35.1 Å². The third-order valence-electron chi connectivity index (χ3n) is 6.35. The van der Waals surface area contributed by atoms with E-state index in [2.05, 4.69) is 15.8 Å². The Labute approximate surface area is 159 Å². The Morgan fingerprint density at radius 3 is 2.44 bits per heavy atom. The van der Waals surface area contributed by atoms with Crippen LogP contribution in [0, 0.1) is 11.8 Å². The molecule has 1 aromatic rings. The van der Waals surface area contributed by atoms with Gasteiger partial charge in [-0.1, -0.05) is 5.16 Å². The summed E-state index contributed by atoms with van der Waals surface area (Å²) in [4.78, 5) is 24.6. The lowest BCUT2D eigenvalue weighted by atomic mass is 9.67. The largest absolute Gasteiger partial charge is 0.360 e. The number of hydrogen-bond donors (Lipinski definition) is 3. The standard InChI is InChI=1S/C20H30N4O3/c1-11(21)8-19(25)22-15-6-4-14-9-13(15)5-7-16(14)23-20(26)17-10-18(27-24-17)12-2-3-12/h10-16H,2-9,21H2,1H3,(H,22,25)(H,23,26)/t11-,13?,14?,15?,16?/m1/s1. The Bertz CT molecular complexity index is 697. The fourth-order valence-corrected chi connectivity index (χ4v) is 4.75. The first kappa shape index (κ1) is 18.5. The molecule has 0 aliphatic heterocycles. The number of carbonyl (C=O) groups is 2. The van der Waals surface area contributed by atoms with E-state index in [1.807, 2.05) is 6.92 Å². The summed E-state index contributed by atoms with van der Waals surface area (Å²) < 4.78 is 5.30. The van der Waals surface area contributed by atoms with E-state index in [4.69, 9.17) is 10.3 Å². The van der Waals surface area contributed by atoms with Gasteiger partial charge in [0.25, 0.3) is 5.91 Å². The molecule has 7 nitrogen and oxygen atoms in total. The highest BCUT2D eigenvalue weighted by atomic mass is 16.5. The topological polar surface area (TPSA) is 110 Å². The summed E-state index contributed by atoms with van der Waals surface area (Å²) in [5, 5.41) is 10.3. The summed E-state index contributed by atoms with van der Waals surface area (Å²) in [6.07, 6.45) is 7.67. The van der Waals surface area contributed by atoms with Gasteiger partial charge in [-0.05, 0) is 63.7 Å². The minimum absolute atomic E-state index is 0.0568. The van der Waals surface area contributed by atoms with E-state index >= 15 is 0 Å². The smallest absolute Gasteiger partial charge is 0.273 e. The average Bonchev–Trinajstić information content (AvgIpc) is 3.35. The molecule has 27 heavy (non-hydrogen) atoms. The van der Waals surface area contributed by atoms with Crippen LogP contribution in [-0.2, 0) is 4.79 Å². The van der Waals surface area contributed by atoms with Crippen molar-refractivity contribution in [1.82, 2.24) is 15.8 Å². The zero-order valence-electron chi connectivity index (χ0n) is 15.9. The number of nitrogens with zero attached hydrogens (tertiary/aromatic N) is 1. The number of nitrogens with two attached hydrogens (primary N) is 1. The maximum absolute atomic E-state index is 12.5. The fourth-order valence-electron chi connectivity index (χ4n) is 4.75. The monoisotopic (exact) mass is 374 g/mol. The second-order valence-corrected chi connectivity index (χ2v) is 8.73. The van der Waals surface area contributed by atoms with Crippen LogP contribution in [0.2, 0.25) is 0 Å². The summed E-state index contributed by atoms with van der Waals surface area (Å²) in [5.74, 6) is 2.21. The van der Waals surface area contributed by atoms with E-state index < -0.39 is 0 Å². The van der Waals surface area contributed by atoms with Crippen LogP contribution in [0.3, 0.4) is 0 Å². The molecule has 1 heterocycles. The third-order valence-corrected chi connectivity index (χ3v) is 6.35. The highest BCUT2D eigenvalue weighted by molar-refractivity contribution is 5.92. The van der Waals surface area contributed by atoms with Crippen molar-refractivity contribution < 1.29 is 14.1 Å². The summed E-state index contributed by atoms with van der Waals surface area (Å²) in [6, 6.07) is 2.13. The molecule has 3 saturated carbocycles. The van der Waals surface area contributed by atoms with Gasteiger partial charge in [0, 0.05) is 36.5 Å². The van der Waals surface area contributed by atoms with E-state index in [-0.39, 0.29) is 29.9 Å². The molecule has 0 spiro atoms. The van der Waals surface area contributed by atoms with Gasteiger partial charge in [-0.25, -0.2) is 0 Å². The molecule has 3 fully saturated rings. The van der Waals surface area contributed by atoms with Crippen molar-refractivity contribution in [2.75, 3.05) is 0 Å². The van der Waals surface area contributed by atoms with Crippen LogP contribution in [0.1, 0.15) is 80.5 Å². The Morgan fingerprint density at radius 2 is 1.81 bits per heavy atom. The summed E-state index contributed by atoms with van der Waals surface area (Å²) in [7, 11) is 0. The van der Waals surface area contributed by atoms with Crippen molar-refractivity contribution in [2.45, 2.75) is 82.3 Å². The number of hydrogen-bond acceptors (Lipinski definition) is 5. The maximum atomic E-state index is 12.5. The lowest BCUT2D eigenvalue weighted by molar-refractivity contribution is -0.123. The highest BCUT2D eigenvalue weighted by Gasteiger charge is 2.40. The molecule has 2 amide bonds. The molecule has 0 radical (unpaired) electrons. The first-order valence-corrected chi connectivity index (χ1v) is 10.3. The Balaban J connectivity index is 1.29. The van der Waals surface area contributed by atoms with Gasteiger partial charge < -0.3 is 20.9 Å².